The van der Waals surface area contributed by atoms with Crippen molar-refractivity contribution >= 4 is 11.3 Å². The van der Waals surface area contributed by atoms with Gasteiger partial charge >= 0.3 is 0 Å². The van der Waals surface area contributed by atoms with Crippen LogP contribution in [0.4, 0.5) is 0 Å². The van der Waals surface area contributed by atoms with Gasteiger partial charge in [-0.2, -0.15) is 0 Å². The van der Waals surface area contributed by atoms with Gasteiger partial charge in [-0.15, -0.1) is 11.3 Å². The number of likely N-dealkylation sites (tertiary alicyclic amines) is 1. The average Bonchev–Trinajstić information content (AvgIpc) is 3.18. The molecule has 2 unspecified atom stereocenters. The normalized spacial score (nSPS) is 27.2. The van der Waals surface area contributed by atoms with Crippen LogP contribution in [0.5, 0.6) is 0 Å². The van der Waals surface area contributed by atoms with Gasteiger partial charge in [0.2, 0.25) is 0 Å². The largest absolute Gasteiger partial charge is 0.381 e. The molecule has 4 nitrogen and oxygen atoms in total. The molecule has 3 aliphatic heterocycles. The summed E-state index contributed by atoms with van der Waals surface area (Å²) in [6.45, 7) is 4.89. The van der Waals surface area contributed by atoms with E-state index in [1.54, 1.807) is 17.4 Å². The fraction of sp³-hybridized carbons (Fsp3) is 0.550. The van der Waals surface area contributed by atoms with Crippen LogP contribution in [0.25, 0.3) is 10.4 Å². The summed E-state index contributed by atoms with van der Waals surface area (Å²) >= 11 is 1.77. The molecule has 2 saturated heterocycles. The molecular weight excluding hydrogens is 332 g/mol. The van der Waals surface area contributed by atoms with Crippen LogP contribution in [0.1, 0.15) is 30.9 Å². The molecule has 5 rings (SSSR count). The van der Waals surface area contributed by atoms with Crippen molar-refractivity contribution < 1.29 is 4.74 Å². The van der Waals surface area contributed by atoms with Gasteiger partial charge in [-0.1, -0.05) is 6.07 Å². The lowest BCUT2D eigenvalue weighted by molar-refractivity contribution is 0.00597. The lowest BCUT2D eigenvalue weighted by Crippen LogP contribution is -2.51. The molecule has 5 heterocycles. The monoisotopic (exact) mass is 356 g/mol. The minimum atomic E-state index is 0.171. The minimum Gasteiger partial charge on any atom is -0.381 e. The SMILES string of the molecule is O=c1ccc(-c2cccs2)c2n1CC1CC2CN(C2CCOCC2)C1. The van der Waals surface area contributed by atoms with E-state index in [0.29, 0.717) is 17.9 Å². The number of rotatable bonds is 2. The fourth-order valence-corrected chi connectivity index (χ4v) is 5.80. The molecule has 5 heteroatoms. The van der Waals surface area contributed by atoms with Crippen LogP contribution in [-0.2, 0) is 11.3 Å². The molecule has 2 atom stereocenters. The van der Waals surface area contributed by atoms with E-state index in [1.807, 2.05) is 6.07 Å². The lowest BCUT2D eigenvalue weighted by Gasteiger charge is -2.47. The first kappa shape index (κ1) is 15.8. The first-order valence-corrected chi connectivity index (χ1v) is 10.3. The number of fused-ring (bicyclic) bond motifs is 4. The summed E-state index contributed by atoms with van der Waals surface area (Å²) in [6.07, 6.45) is 3.53. The first-order valence-electron chi connectivity index (χ1n) is 9.39. The Morgan fingerprint density at radius 1 is 1.08 bits per heavy atom. The molecule has 25 heavy (non-hydrogen) atoms. The summed E-state index contributed by atoms with van der Waals surface area (Å²) in [6, 6.07) is 8.74. The van der Waals surface area contributed by atoms with E-state index in [2.05, 4.69) is 27.0 Å². The maximum absolute atomic E-state index is 12.5. The second-order valence-electron chi connectivity index (χ2n) is 7.65. The Bertz CT molecular complexity index is 808. The van der Waals surface area contributed by atoms with Crippen LogP contribution in [-0.4, -0.2) is 41.8 Å². The van der Waals surface area contributed by atoms with E-state index in [0.717, 1.165) is 45.7 Å². The molecule has 2 bridgehead atoms. The molecule has 0 aliphatic carbocycles. The van der Waals surface area contributed by atoms with E-state index in [-0.39, 0.29) is 5.56 Å². The predicted octanol–water partition coefficient (Wildman–Crippen LogP) is 3.17. The van der Waals surface area contributed by atoms with Gasteiger partial charge in [0.15, 0.2) is 0 Å². The van der Waals surface area contributed by atoms with Gasteiger partial charge in [-0.25, -0.2) is 0 Å². The topological polar surface area (TPSA) is 34.5 Å². The number of pyridine rings is 1. The molecule has 0 radical (unpaired) electrons. The molecular formula is C20H24N2O2S. The highest BCUT2D eigenvalue weighted by Gasteiger charge is 2.38. The Labute approximate surface area is 152 Å². The van der Waals surface area contributed by atoms with Gasteiger partial charge in [0.25, 0.3) is 5.56 Å². The molecule has 0 saturated carbocycles. The second kappa shape index (κ2) is 6.38. The summed E-state index contributed by atoms with van der Waals surface area (Å²) in [5.74, 6) is 1.08. The van der Waals surface area contributed by atoms with Gasteiger partial charge in [0, 0.05) is 67.0 Å². The van der Waals surface area contributed by atoms with E-state index >= 15 is 0 Å². The number of aromatic nitrogens is 1. The third-order valence-corrected chi connectivity index (χ3v) is 7.02. The first-order chi connectivity index (χ1) is 12.3. The smallest absolute Gasteiger partial charge is 0.250 e. The molecule has 132 valence electrons. The molecule has 2 aromatic heterocycles. The fourth-order valence-electron chi connectivity index (χ4n) is 5.04. The highest BCUT2D eigenvalue weighted by atomic mass is 32.1. The summed E-state index contributed by atoms with van der Waals surface area (Å²) in [7, 11) is 0. The van der Waals surface area contributed by atoms with E-state index in [9.17, 15) is 4.79 Å². The Hall–Kier alpha value is -1.43. The number of piperidine rings is 1. The zero-order valence-corrected chi connectivity index (χ0v) is 15.2. The van der Waals surface area contributed by atoms with E-state index in [4.69, 9.17) is 4.74 Å². The third-order valence-electron chi connectivity index (χ3n) is 6.11. The van der Waals surface area contributed by atoms with Crippen LogP contribution < -0.4 is 5.56 Å². The van der Waals surface area contributed by atoms with Gasteiger partial charge < -0.3 is 9.30 Å². The van der Waals surface area contributed by atoms with Crippen LogP contribution in [0.2, 0.25) is 0 Å². The van der Waals surface area contributed by atoms with Gasteiger partial charge in [-0.05, 0) is 42.7 Å². The lowest BCUT2D eigenvalue weighted by atomic mass is 9.80. The minimum absolute atomic E-state index is 0.171. The van der Waals surface area contributed by atoms with Crippen LogP contribution in [0.15, 0.2) is 34.4 Å². The Balaban J connectivity index is 1.53. The van der Waals surface area contributed by atoms with Crippen molar-refractivity contribution in [1.29, 1.82) is 0 Å². The summed E-state index contributed by atoms with van der Waals surface area (Å²) in [5.41, 5.74) is 2.72. The van der Waals surface area contributed by atoms with Crippen LogP contribution >= 0.6 is 11.3 Å². The zero-order valence-electron chi connectivity index (χ0n) is 14.4. The molecule has 2 aromatic rings. The van der Waals surface area contributed by atoms with Crippen molar-refractivity contribution in [3.63, 3.8) is 0 Å². The summed E-state index contributed by atoms with van der Waals surface area (Å²) in [5, 5.41) is 2.12. The Morgan fingerprint density at radius 2 is 1.96 bits per heavy atom. The number of ether oxygens (including phenoxy) is 1. The number of thiophene rings is 1. The molecule has 0 aromatic carbocycles. The van der Waals surface area contributed by atoms with Gasteiger partial charge in [0.05, 0.1) is 0 Å². The van der Waals surface area contributed by atoms with Crippen molar-refractivity contribution in [3.05, 3.63) is 45.7 Å². The third kappa shape index (κ3) is 2.78. The van der Waals surface area contributed by atoms with E-state index in [1.165, 1.54) is 22.6 Å². The standard InChI is InChI=1S/C20H24N2O2S/c23-19-4-3-17(18-2-1-9-25-18)20-15-10-14(12-22(19)20)11-21(13-15)16-5-7-24-8-6-16/h1-4,9,14-16H,5-8,10-13H2. The molecule has 2 fully saturated rings. The van der Waals surface area contributed by atoms with Crippen molar-refractivity contribution in [2.45, 2.75) is 37.8 Å². The maximum Gasteiger partial charge on any atom is 0.250 e. The quantitative estimate of drug-likeness (QED) is 0.829. The van der Waals surface area contributed by atoms with Gasteiger partial charge in [0.1, 0.15) is 0 Å². The highest BCUT2D eigenvalue weighted by molar-refractivity contribution is 7.13. The summed E-state index contributed by atoms with van der Waals surface area (Å²) in [4.78, 5) is 16.5. The maximum atomic E-state index is 12.5. The second-order valence-corrected chi connectivity index (χ2v) is 8.60. The van der Waals surface area contributed by atoms with Gasteiger partial charge in [-0.3, -0.25) is 9.69 Å². The Morgan fingerprint density at radius 3 is 2.76 bits per heavy atom. The number of hydrogen-bond acceptors (Lipinski definition) is 4. The molecule has 3 aliphatic rings. The molecule has 0 N–H and O–H groups in total. The van der Waals surface area contributed by atoms with Crippen molar-refractivity contribution in [1.82, 2.24) is 9.47 Å². The van der Waals surface area contributed by atoms with Crippen molar-refractivity contribution in [3.8, 4) is 10.4 Å². The van der Waals surface area contributed by atoms with E-state index < -0.39 is 0 Å². The van der Waals surface area contributed by atoms with Crippen LogP contribution in [0, 0.1) is 5.92 Å². The van der Waals surface area contributed by atoms with Crippen LogP contribution in [0.3, 0.4) is 0 Å². The molecule has 0 amide bonds. The zero-order chi connectivity index (χ0) is 16.8. The van der Waals surface area contributed by atoms with Crippen molar-refractivity contribution in [2.75, 3.05) is 26.3 Å². The highest BCUT2D eigenvalue weighted by Crippen LogP contribution is 2.41. The number of nitrogens with zero attached hydrogens (tertiary/aromatic N) is 2. The molecule has 0 spiro atoms. The average molecular weight is 356 g/mol. The van der Waals surface area contributed by atoms with Crippen molar-refractivity contribution in [2.24, 2.45) is 5.92 Å². The predicted molar refractivity (Wildman–Crippen MR) is 100 cm³/mol. The summed E-state index contributed by atoms with van der Waals surface area (Å²) < 4.78 is 7.63. The number of hydrogen-bond donors (Lipinski definition) is 0. The Kier molecular flexibility index (Phi) is 4.03.